The van der Waals surface area contributed by atoms with Crippen molar-refractivity contribution in [3.63, 3.8) is 0 Å². The predicted molar refractivity (Wildman–Crippen MR) is 69.9 cm³/mol. The molecule has 0 fully saturated rings. The van der Waals surface area contributed by atoms with Crippen molar-refractivity contribution in [1.29, 1.82) is 0 Å². The van der Waals surface area contributed by atoms with E-state index in [1.54, 1.807) is 0 Å². The van der Waals surface area contributed by atoms with Crippen LogP contribution >= 0.6 is 0 Å². The fraction of sp³-hybridized carbons (Fsp3) is 0.769. The van der Waals surface area contributed by atoms with Crippen LogP contribution in [0.2, 0.25) is 0 Å². The lowest BCUT2D eigenvalue weighted by atomic mass is 10.0. The minimum atomic E-state index is 0.214. The number of hydrogen-bond donors (Lipinski definition) is 2. The molecule has 0 saturated carbocycles. The molecule has 2 N–H and O–H groups in total. The molecule has 0 radical (unpaired) electrons. The number of nitrogens with one attached hydrogen (secondary N) is 1. The van der Waals surface area contributed by atoms with Crippen molar-refractivity contribution in [1.82, 2.24) is 15.1 Å². The normalized spacial score (nSPS) is 16.9. The second-order valence-corrected chi connectivity index (χ2v) is 5.04. The van der Waals surface area contributed by atoms with Crippen LogP contribution in [0.5, 0.6) is 0 Å². The predicted octanol–water partition coefficient (Wildman–Crippen LogP) is 1.70. The van der Waals surface area contributed by atoms with Crippen LogP contribution in [-0.2, 0) is 7.05 Å². The Kier molecular flexibility index (Phi) is 4.71. The van der Waals surface area contributed by atoms with E-state index in [2.05, 4.69) is 31.2 Å². The van der Waals surface area contributed by atoms with E-state index in [1.807, 2.05) is 25.6 Å². The Hall–Kier alpha value is -0.870. The van der Waals surface area contributed by atoms with Crippen LogP contribution in [0.3, 0.4) is 0 Å². The highest BCUT2D eigenvalue weighted by Crippen LogP contribution is 2.21. The van der Waals surface area contributed by atoms with Crippen molar-refractivity contribution >= 4 is 0 Å². The Morgan fingerprint density at radius 3 is 2.29 bits per heavy atom. The van der Waals surface area contributed by atoms with Crippen molar-refractivity contribution < 1.29 is 5.11 Å². The number of aryl methyl sites for hydroxylation is 2. The standard InChI is InChI=1S/C13H25N3O/c1-8(7-17)9(2)14-10(3)13-11(4)15-16(6)12(13)5/h8-10,14,17H,7H2,1-6H3. The van der Waals surface area contributed by atoms with Crippen LogP contribution in [0.1, 0.15) is 43.8 Å². The summed E-state index contributed by atoms with van der Waals surface area (Å²) >= 11 is 0. The molecule has 0 aliphatic heterocycles. The maximum absolute atomic E-state index is 9.15. The number of hydrogen-bond acceptors (Lipinski definition) is 3. The van der Waals surface area contributed by atoms with Crippen LogP contribution in [0.25, 0.3) is 0 Å². The molecule has 0 aliphatic carbocycles. The van der Waals surface area contributed by atoms with Crippen LogP contribution < -0.4 is 5.32 Å². The van der Waals surface area contributed by atoms with E-state index in [9.17, 15) is 0 Å². The summed E-state index contributed by atoms with van der Waals surface area (Å²) in [5, 5.41) is 17.1. The Morgan fingerprint density at radius 1 is 1.29 bits per heavy atom. The molecule has 98 valence electrons. The lowest BCUT2D eigenvalue weighted by molar-refractivity contribution is 0.202. The van der Waals surface area contributed by atoms with E-state index in [1.165, 1.54) is 11.3 Å². The second-order valence-electron chi connectivity index (χ2n) is 5.04. The smallest absolute Gasteiger partial charge is 0.0644 e. The first-order valence-corrected chi connectivity index (χ1v) is 6.25. The summed E-state index contributed by atoms with van der Waals surface area (Å²) in [6.07, 6.45) is 0. The number of rotatable bonds is 5. The third-order valence-corrected chi connectivity index (χ3v) is 3.65. The van der Waals surface area contributed by atoms with Gasteiger partial charge in [0.05, 0.1) is 5.69 Å². The molecule has 1 aromatic heterocycles. The number of aromatic nitrogens is 2. The van der Waals surface area contributed by atoms with Crippen molar-refractivity contribution in [2.45, 2.75) is 46.7 Å². The quantitative estimate of drug-likeness (QED) is 0.822. The Balaban J connectivity index is 2.79. The molecule has 0 amide bonds. The Morgan fingerprint density at radius 2 is 1.88 bits per heavy atom. The molecule has 1 aromatic rings. The fourth-order valence-corrected chi connectivity index (χ4v) is 2.22. The number of nitrogens with zero attached hydrogens (tertiary/aromatic N) is 2. The molecule has 0 bridgehead atoms. The lowest BCUT2D eigenvalue weighted by Gasteiger charge is -2.24. The number of aliphatic hydroxyl groups excluding tert-OH is 1. The number of aliphatic hydroxyl groups is 1. The maximum Gasteiger partial charge on any atom is 0.0644 e. The van der Waals surface area contributed by atoms with E-state index >= 15 is 0 Å². The summed E-state index contributed by atoms with van der Waals surface area (Å²) in [4.78, 5) is 0. The van der Waals surface area contributed by atoms with Gasteiger partial charge in [-0.15, -0.1) is 0 Å². The molecule has 4 heteroatoms. The SMILES string of the molecule is Cc1nn(C)c(C)c1C(C)NC(C)C(C)CO. The van der Waals surface area contributed by atoms with Gasteiger partial charge in [0, 0.05) is 37.0 Å². The van der Waals surface area contributed by atoms with Crippen LogP contribution in [0.15, 0.2) is 0 Å². The highest BCUT2D eigenvalue weighted by molar-refractivity contribution is 5.27. The summed E-state index contributed by atoms with van der Waals surface area (Å²) in [7, 11) is 1.97. The Bertz CT molecular complexity index is 373. The highest BCUT2D eigenvalue weighted by Gasteiger charge is 2.19. The summed E-state index contributed by atoms with van der Waals surface area (Å²) in [5.74, 6) is 0.259. The molecule has 17 heavy (non-hydrogen) atoms. The molecule has 0 aliphatic rings. The van der Waals surface area contributed by atoms with Gasteiger partial charge in [-0.25, -0.2) is 0 Å². The molecular formula is C13H25N3O. The second kappa shape index (κ2) is 5.65. The summed E-state index contributed by atoms with van der Waals surface area (Å²) in [6.45, 7) is 10.7. The van der Waals surface area contributed by atoms with Crippen LogP contribution in [-0.4, -0.2) is 27.5 Å². The lowest BCUT2D eigenvalue weighted by Crippen LogP contribution is -2.36. The zero-order chi connectivity index (χ0) is 13.2. The Labute approximate surface area is 104 Å². The van der Waals surface area contributed by atoms with Crippen molar-refractivity contribution in [2.75, 3.05) is 6.61 Å². The minimum absolute atomic E-state index is 0.214. The van der Waals surface area contributed by atoms with E-state index in [4.69, 9.17) is 5.11 Å². The van der Waals surface area contributed by atoms with Gasteiger partial charge in [-0.3, -0.25) is 4.68 Å². The van der Waals surface area contributed by atoms with Gasteiger partial charge in [0.1, 0.15) is 0 Å². The summed E-state index contributed by atoms with van der Waals surface area (Å²) < 4.78 is 1.92. The van der Waals surface area contributed by atoms with Crippen molar-refractivity contribution in [2.24, 2.45) is 13.0 Å². The van der Waals surface area contributed by atoms with Gasteiger partial charge in [-0.2, -0.15) is 5.10 Å². The van der Waals surface area contributed by atoms with E-state index in [0.717, 1.165) is 5.69 Å². The zero-order valence-electron chi connectivity index (χ0n) is 11.8. The van der Waals surface area contributed by atoms with Crippen molar-refractivity contribution in [3.8, 4) is 0 Å². The van der Waals surface area contributed by atoms with Gasteiger partial charge in [0.15, 0.2) is 0 Å². The minimum Gasteiger partial charge on any atom is -0.396 e. The fourth-order valence-electron chi connectivity index (χ4n) is 2.22. The topological polar surface area (TPSA) is 50.1 Å². The first kappa shape index (κ1) is 14.2. The zero-order valence-corrected chi connectivity index (χ0v) is 11.8. The molecule has 1 heterocycles. The monoisotopic (exact) mass is 239 g/mol. The molecule has 3 atom stereocenters. The van der Waals surface area contributed by atoms with E-state index < -0.39 is 0 Å². The van der Waals surface area contributed by atoms with Gasteiger partial charge in [0.2, 0.25) is 0 Å². The maximum atomic E-state index is 9.15. The third kappa shape index (κ3) is 3.07. The molecule has 0 aromatic carbocycles. The molecule has 1 rings (SSSR count). The molecule has 3 unspecified atom stereocenters. The van der Waals surface area contributed by atoms with Gasteiger partial charge in [-0.05, 0) is 33.6 Å². The molecule has 0 spiro atoms. The first-order chi connectivity index (χ1) is 7.88. The first-order valence-electron chi connectivity index (χ1n) is 6.25. The third-order valence-electron chi connectivity index (χ3n) is 3.65. The van der Waals surface area contributed by atoms with E-state index in [-0.39, 0.29) is 24.6 Å². The van der Waals surface area contributed by atoms with Gasteiger partial charge in [-0.1, -0.05) is 6.92 Å². The van der Waals surface area contributed by atoms with Crippen molar-refractivity contribution in [3.05, 3.63) is 17.0 Å². The summed E-state index contributed by atoms with van der Waals surface area (Å²) in [5.41, 5.74) is 3.55. The van der Waals surface area contributed by atoms with E-state index in [0.29, 0.717) is 0 Å². The van der Waals surface area contributed by atoms with Gasteiger partial charge >= 0.3 is 0 Å². The summed E-state index contributed by atoms with van der Waals surface area (Å²) in [6, 6.07) is 0.543. The average molecular weight is 239 g/mol. The van der Waals surface area contributed by atoms with Gasteiger partial charge < -0.3 is 10.4 Å². The van der Waals surface area contributed by atoms with Crippen LogP contribution in [0.4, 0.5) is 0 Å². The molecule has 0 saturated heterocycles. The van der Waals surface area contributed by atoms with Gasteiger partial charge in [0.25, 0.3) is 0 Å². The van der Waals surface area contributed by atoms with Crippen LogP contribution in [0, 0.1) is 19.8 Å². The molecular weight excluding hydrogens is 214 g/mol. The average Bonchev–Trinajstić information content (AvgIpc) is 2.51. The largest absolute Gasteiger partial charge is 0.396 e. The highest BCUT2D eigenvalue weighted by atomic mass is 16.3. The molecule has 4 nitrogen and oxygen atoms in total.